The van der Waals surface area contributed by atoms with Gasteiger partial charge in [-0.2, -0.15) is 0 Å². The third-order valence-electron chi connectivity index (χ3n) is 4.34. The van der Waals surface area contributed by atoms with E-state index in [-0.39, 0.29) is 12.1 Å². The highest BCUT2D eigenvalue weighted by molar-refractivity contribution is 7.09. The van der Waals surface area contributed by atoms with Crippen LogP contribution in [0.4, 0.5) is 10.5 Å². The maximum Gasteiger partial charge on any atom is 0.322 e. The van der Waals surface area contributed by atoms with Crippen molar-refractivity contribution >= 4 is 23.1 Å². The Morgan fingerprint density at radius 2 is 2.19 bits per heavy atom. The molecule has 3 rings (SSSR count). The van der Waals surface area contributed by atoms with E-state index < -0.39 is 0 Å². The van der Waals surface area contributed by atoms with Crippen molar-refractivity contribution in [1.82, 2.24) is 4.90 Å². The number of benzene rings is 1. The van der Waals surface area contributed by atoms with E-state index in [9.17, 15) is 4.79 Å². The summed E-state index contributed by atoms with van der Waals surface area (Å²) in [6.07, 6.45) is 2.14. The zero-order valence-corrected chi connectivity index (χ0v) is 16.4. The van der Waals surface area contributed by atoms with Crippen LogP contribution < -0.4 is 10.1 Å². The predicted octanol–water partition coefficient (Wildman–Crippen LogP) is 3.99. The molecule has 1 unspecified atom stereocenters. The normalized spacial score (nSPS) is 16.3. The van der Waals surface area contributed by atoms with Crippen molar-refractivity contribution in [3.8, 4) is 5.75 Å². The Morgan fingerprint density at radius 3 is 2.93 bits per heavy atom. The molecule has 1 saturated heterocycles. The van der Waals surface area contributed by atoms with Crippen LogP contribution in [0.5, 0.6) is 5.75 Å². The summed E-state index contributed by atoms with van der Waals surface area (Å²) in [6.45, 7) is 2.84. The number of anilines is 1. The van der Waals surface area contributed by atoms with Crippen LogP contribution in [-0.2, 0) is 16.0 Å². The average molecular weight is 391 g/mol. The highest BCUT2D eigenvalue weighted by Gasteiger charge is 2.23. The molecule has 0 spiro atoms. The van der Waals surface area contributed by atoms with E-state index in [1.807, 2.05) is 46.7 Å². The molecule has 1 fully saturated rings. The Hall–Kier alpha value is -2.09. The monoisotopic (exact) mass is 390 g/mol. The number of hydrogen-bond acceptors (Lipinski definition) is 5. The summed E-state index contributed by atoms with van der Waals surface area (Å²) in [5.41, 5.74) is 0.655. The van der Waals surface area contributed by atoms with Crippen LogP contribution in [0.2, 0.25) is 0 Å². The van der Waals surface area contributed by atoms with Gasteiger partial charge in [-0.1, -0.05) is 18.2 Å². The minimum atomic E-state index is -0.151. The summed E-state index contributed by atoms with van der Waals surface area (Å²) in [7, 11) is 1.63. The summed E-state index contributed by atoms with van der Waals surface area (Å²) in [6, 6.07) is 11.3. The topological polar surface area (TPSA) is 60.0 Å². The molecule has 0 radical (unpaired) electrons. The molecule has 1 aliphatic rings. The van der Waals surface area contributed by atoms with Crippen molar-refractivity contribution in [2.24, 2.45) is 0 Å². The van der Waals surface area contributed by atoms with Gasteiger partial charge in [0.15, 0.2) is 0 Å². The Balaban J connectivity index is 1.67. The van der Waals surface area contributed by atoms with Gasteiger partial charge in [0.2, 0.25) is 0 Å². The number of amides is 2. The summed E-state index contributed by atoms with van der Waals surface area (Å²) in [4.78, 5) is 16.0. The van der Waals surface area contributed by atoms with Gasteiger partial charge in [0, 0.05) is 25.1 Å². The first-order valence-electron chi connectivity index (χ1n) is 9.17. The molecule has 27 heavy (non-hydrogen) atoms. The third kappa shape index (κ3) is 5.95. The minimum Gasteiger partial charge on any atom is -0.489 e. The smallest absolute Gasteiger partial charge is 0.322 e. The van der Waals surface area contributed by atoms with Crippen LogP contribution in [0.25, 0.3) is 0 Å². The molecule has 1 aromatic heterocycles. The van der Waals surface area contributed by atoms with Gasteiger partial charge in [-0.05, 0) is 36.4 Å². The van der Waals surface area contributed by atoms with Crippen LogP contribution in [0.15, 0.2) is 41.8 Å². The molecule has 0 aliphatic carbocycles. The molecule has 2 heterocycles. The van der Waals surface area contributed by atoms with Crippen LogP contribution in [-0.4, -0.2) is 50.5 Å². The lowest BCUT2D eigenvalue weighted by atomic mass is 10.2. The van der Waals surface area contributed by atoms with Gasteiger partial charge in [-0.3, -0.25) is 0 Å². The number of urea groups is 1. The Bertz CT molecular complexity index is 702. The maximum atomic E-state index is 13.0. The summed E-state index contributed by atoms with van der Waals surface area (Å²) in [5.74, 6) is 0.635. The number of hydrogen-bond donors (Lipinski definition) is 1. The van der Waals surface area contributed by atoms with Gasteiger partial charge >= 0.3 is 6.03 Å². The molecular formula is C20H26N2O4S. The van der Waals surface area contributed by atoms with Crippen molar-refractivity contribution in [3.63, 3.8) is 0 Å². The second kappa shape index (κ2) is 10.3. The van der Waals surface area contributed by atoms with Crippen LogP contribution in [0.3, 0.4) is 0 Å². The number of carbonyl (C=O) groups excluding carboxylic acids is 1. The van der Waals surface area contributed by atoms with Gasteiger partial charge in [-0.15, -0.1) is 11.3 Å². The first kappa shape index (κ1) is 19.7. The number of methoxy groups -OCH3 is 1. The van der Waals surface area contributed by atoms with E-state index in [4.69, 9.17) is 14.2 Å². The highest BCUT2D eigenvalue weighted by atomic mass is 32.1. The summed E-state index contributed by atoms with van der Waals surface area (Å²) in [5, 5.41) is 5.02. The maximum absolute atomic E-state index is 13.0. The lowest BCUT2D eigenvalue weighted by Crippen LogP contribution is -2.39. The second-order valence-corrected chi connectivity index (χ2v) is 7.39. The van der Waals surface area contributed by atoms with Gasteiger partial charge in [-0.25, -0.2) is 4.79 Å². The van der Waals surface area contributed by atoms with Gasteiger partial charge < -0.3 is 24.4 Å². The van der Waals surface area contributed by atoms with Gasteiger partial charge in [0.05, 0.1) is 24.9 Å². The van der Waals surface area contributed by atoms with Crippen molar-refractivity contribution < 1.29 is 19.0 Å². The van der Waals surface area contributed by atoms with Crippen molar-refractivity contribution in [2.45, 2.75) is 25.5 Å². The minimum absolute atomic E-state index is 0.101. The fourth-order valence-electron chi connectivity index (χ4n) is 2.97. The summed E-state index contributed by atoms with van der Waals surface area (Å²) >= 11 is 1.65. The Labute approximate surface area is 164 Å². The molecule has 0 saturated carbocycles. The molecule has 1 atom stereocenters. The van der Waals surface area contributed by atoms with E-state index in [2.05, 4.69) is 5.32 Å². The summed E-state index contributed by atoms with van der Waals surface area (Å²) < 4.78 is 16.5. The Morgan fingerprint density at radius 1 is 1.30 bits per heavy atom. The molecule has 0 bridgehead atoms. The quantitative estimate of drug-likeness (QED) is 0.658. The Kier molecular flexibility index (Phi) is 7.50. The molecule has 7 heteroatoms. The number of thiophene rings is 1. The molecule has 1 N–H and O–H groups in total. The molecule has 2 aromatic rings. The molecule has 1 aliphatic heterocycles. The number of nitrogens with one attached hydrogen (secondary N) is 1. The molecule has 2 amide bonds. The first-order chi connectivity index (χ1) is 13.3. The van der Waals surface area contributed by atoms with Crippen molar-refractivity contribution in [1.29, 1.82) is 0 Å². The van der Waals surface area contributed by atoms with Gasteiger partial charge in [0.25, 0.3) is 0 Å². The number of carbonyl (C=O) groups is 1. The molecular weight excluding hydrogens is 364 g/mol. The SMILES string of the molecule is COCCOc1ccccc1NC(=O)N(Cc1cccs1)CC1CCCO1. The van der Waals surface area contributed by atoms with Crippen LogP contribution >= 0.6 is 11.3 Å². The lowest BCUT2D eigenvalue weighted by Gasteiger charge is -2.25. The van der Waals surface area contributed by atoms with Crippen molar-refractivity contribution in [3.05, 3.63) is 46.7 Å². The average Bonchev–Trinajstić information content (AvgIpc) is 3.37. The lowest BCUT2D eigenvalue weighted by molar-refractivity contribution is 0.0821. The van der Waals surface area contributed by atoms with E-state index in [0.717, 1.165) is 24.3 Å². The zero-order chi connectivity index (χ0) is 18.9. The molecule has 1 aromatic carbocycles. The molecule has 6 nitrogen and oxygen atoms in total. The number of para-hydroxylation sites is 2. The fourth-order valence-corrected chi connectivity index (χ4v) is 3.69. The predicted molar refractivity (Wildman–Crippen MR) is 107 cm³/mol. The van der Waals surface area contributed by atoms with E-state index in [0.29, 0.717) is 37.7 Å². The number of nitrogens with zero attached hydrogens (tertiary/aromatic N) is 1. The zero-order valence-electron chi connectivity index (χ0n) is 15.6. The largest absolute Gasteiger partial charge is 0.489 e. The highest BCUT2D eigenvalue weighted by Crippen LogP contribution is 2.25. The van der Waals surface area contributed by atoms with E-state index in [1.54, 1.807) is 18.4 Å². The second-order valence-electron chi connectivity index (χ2n) is 6.36. The van der Waals surface area contributed by atoms with E-state index in [1.165, 1.54) is 0 Å². The van der Waals surface area contributed by atoms with E-state index >= 15 is 0 Å². The standard InChI is InChI=1S/C20H26N2O4S/c1-24-11-12-26-19-9-3-2-8-18(19)21-20(23)22(14-16-6-4-10-25-16)15-17-7-5-13-27-17/h2-3,5,7-9,13,16H,4,6,10-12,14-15H2,1H3,(H,21,23). The van der Waals surface area contributed by atoms with Gasteiger partial charge in [0.1, 0.15) is 12.4 Å². The first-order valence-corrected chi connectivity index (χ1v) is 10.0. The molecule has 146 valence electrons. The van der Waals surface area contributed by atoms with Crippen molar-refractivity contribution in [2.75, 3.05) is 38.8 Å². The van der Waals surface area contributed by atoms with Crippen LogP contribution in [0.1, 0.15) is 17.7 Å². The van der Waals surface area contributed by atoms with Crippen LogP contribution in [0, 0.1) is 0 Å². The fraction of sp³-hybridized carbons (Fsp3) is 0.450. The number of ether oxygens (including phenoxy) is 3. The number of rotatable bonds is 9. The third-order valence-corrected chi connectivity index (χ3v) is 5.20.